The average Bonchev–Trinajstić information content (AvgIpc) is 2.62. The number of amides is 2. The fourth-order valence-corrected chi connectivity index (χ4v) is 3.61. The van der Waals surface area contributed by atoms with Gasteiger partial charge in [0.15, 0.2) is 11.6 Å². The number of carbonyl (C=O) groups excluding carboxylic acids is 2. The molecule has 1 saturated carbocycles. The molecule has 29 heavy (non-hydrogen) atoms. The first-order valence-corrected chi connectivity index (χ1v) is 9.43. The van der Waals surface area contributed by atoms with E-state index in [4.69, 9.17) is 20.9 Å². The van der Waals surface area contributed by atoms with Crippen LogP contribution in [-0.2, 0) is 4.74 Å². The van der Waals surface area contributed by atoms with E-state index in [1.54, 1.807) is 0 Å². The molecule has 1 aromatic rings. The Kier molecular flexibility index (Phi) is 6.86. The van der Waals surface area contributed by atoms with Gasteiger partial charge < -0.3 is 26.3 Å². The second-order valence-corrected chi connectivity index (χ2v) is 8.16. The number of anilines is 1. The van der Waals surface area contributed by atoms with Crippen molar-refractivity contribution in [1.29, 1.82) is 0 Å². The summed E-state index contributed by atoms with van der Waals surface area (Å²) in [7, 11) is 0. The lowest BCUT2D eigenvalue weighted by Crippen LogP contribution is -2.51. The lowest BCUT2D eigenvalue weighted by Gasteiger charge is -2.47. The molecule has 1 aliphatic carbocycles. The van der Waals surface area contributed by atoms with Crippen LogP contribution in [0.15, 0.2) is 6.07 Å². The van der Waals surface area contributed by atoms with Gasteiger partial charge in [-0.25, -0.2) is 13.6 Å². The van der Waals surface area contributed by atoms with E-state index in [1.165, 1.54) is 0 Å². The van der Waals surface area contributed by atoms with E-state index in [-0.39, 0.29) is 35.3 Å². The largest absolute Gasteiger partial charge is 0.474 e. The van der Waals surface area contributed by atoms with Crippen LogP contribution < -0.4 is 21.5 Å². The van der Waals surface area contributed by atoms with Crippen LogP contribution in [-0.4, -0.2) is 41.9 Å². The van der Waals surface area contributed by atoms with Crippen LogP contribution in [0.25, 0.3) is 0 Å². The summed E-state index contributed by atoms with van der Waals surface area (Å²) in [5, 5.41) is 2.99. The molecule has 1 aromatic heterocycles. The highest BCUT2D eigenvalue weighted by Gasteiger charge is 2.47. The van der Waals surface area contributed by atoms with Crippen molar-refractivity contribution in [3.63, 3.8) is 0 Å². The number of rotatable bonds is 7. The minimum atomic E-state index is -0.923. The third-order valence-corrected chi connectivity index (χ3v) is 5.32. The summed E-state index contributed by atoms with van der Waals surface area (Å²) in [5.41, 5.74) is 9.17. The summed E-state index contributed by atoms with van der Waals surface area (Å²) in [5.74, 6) is -2.04. The zero-order valence-corrected chi connectivity index (χ0v) is 16.9. The third-order valence-electron chi connectivity index (χ3n) is 5.32. The number of nitrogens with two attached hydrogens (primary N) is 2. The summed E-state index contributed by atoms with van der Waals surface area (Å²) >= 11 is 0. The number of nitrogens with one attached hydrogen (secondary N) is 1. The fraction of sp³-hybridized carbons (Fsp3) is 0.632. The maximum atomic E-state index is 14.4. The highest BCUT2D eigenvalue weighted by atomic mass is 19.1. The Morgan fingerprint density at radius 3 is 2.41 bits per heavy atom. The number of ether oxygens (including phenoxy) is 2. The Bertz CT molecular complexity index is 759. The fourth-order valence-electron chi connectivity index (χ4n) is 3.61. The van der Waals surface area contributed by atoms with Crippen molar-refractivity contribution in [2.45, 2.75) is 58.1 Å². The Balaban J connectivity index is 2.17. The lowest BCUT2D eigenvalue weighted by atomic mass is 9.67. The van der Waals surface area contributed by atoms with Crippen molar-refractivity contribution < 1.29 is 27.8 Å². The molecule has 0 radical (unpaired) electrons. The first kappa shape index (κ1) is 22.6. The van der Waals surface area contributed by atoms with Gasteiger partial charge in [-0.15, -0.1) is 0 Å². The number of hydrogen-bond acceptors (Lipinski definition) is 6. The molecule has 0 spiro atoms. The first-order valence-electron chi connectivity index (χ1n) is 9.43. The zero-order valence-electron chi connectivity index (χ0n) is 16.9. The molecule has 0 atom stereocenters. The van der Waals surface area contributed by atoms with E-state index in [1.807, 2.05) is 20.8 Å². The molecule has 0 bridgehead atoms. The number of nitrogens with zero attached hydrogens (tertiary/aromatic N) is 1. The van der Waals surface area contributed by atoms with Gasteiger partial charge in [0.1, 0.15) is 24.4 Å². The molecule has 0 aliphatic heterocycles. The SMILES string of the molecule is CC(C)(C)C1(OC(N)=O)CCC(Nc2nc(OCCF)c(C(N)=O)cc2F)CC1. The zero-order chi connectivity index (χ0) is 21.8. The Hall–Kier alpha value is -2.65. The van der Waals surface area contributed by atoms with Crippen LogP contribution >= 0.6 is 0 Å². The number of primary amides is 2. The molecule has 1 fully saturated rings. The van der Waals surface area contributed by atoms with Crippen molar-refractivity contribution in [1.82, 2.24) is 4.98 Å². The number of pyridine rings is 1. The molecule has 1 heterocycles. The molecule has 1 aliphatic rings. The summed E-state index contributed by atoms with van der Waals surface area (Å²) in [4.78, 5) is 26.8. The Morgan fingerprint density at radius 2 is 1.93 bits per heavy atom. The average molecular weight is 414 g/mol. The van der Waals surface area contributed by atoms with E-state index in [2.05, 4.69) is 10.3 Å². The van der Waals surface area contributed by atoms with E-state index in [9.17, 15) is 18.4 Å². The molecule has 8 nitrogen and oxygen atoms in total. The lowest BCUT2D eigenvalue weighted by molar-refractivity contribution is -0.0905. The van der Waals surface area contributed by atoms with Gasteiger partial charge in [-0.2, -0.15) is 4.98 Å². The molecule has 0 unspecified atom stereocenters. The number of aromatic nitrogens is 1. The van der Waals surface area contributed by atoms with Crippen LogP contribution in [0.4, 0.5) is 19.4 Å². The molecule has 10 heteroatoms. The van der Waals surface area contributed by atoms with Crippen LogP contribution in [0.2, 0.25) is 0 Å². The van der Waals surface area contributed by atoms with Crippen LogP contribution in [0.3, 0.4) is 0 Å². The molecular weight excluding hydrogens is 386 g/mol. The molecular formula is C19H28F2N4O4. The van der Waals surface area contributed by atoms with Gasteiger partial charge in [0.05, 0.1) is 0 Å². The molecule has 162 valence electrons. The van der Waals surface area contributed by atoms with Crippen molar-refractivity contribution in [3.8, 4) is 5.88 Å². The molecule has 2 amide bonds. The Labute approximate surface area is 168 Å². The second-order valence-electron chi connectivity index (χ2n) is 8.16. The van der Waals surface area contributed by atoms with Gasteiger partial charge in [0, 0.05) is 11.5 Å². The van der Waals surface area contributed by atoms with Crippen LogP contribution in [0, 0.1) is 11.2 Å². The van der Waals surface area contributed by atoms with Gasteiger partial charge in [-0.1, -0.05) is 20.8 Å². The number of halogens is 2. The van der Waals surface area contributed by atoms with Crippen molar-refractivity contribution in [2.24, 2.45) is 16.9 Å². The molecule has 5 N–H and O–H groups in total. The number of alkyl halides is 1. The Morgan fingerprint density at radius 1 is 1.31 bits per heavy atom. The first-order chi connectivity index (χ1) is 13.5. The molecule has 0 saturated heterocycles. The summed E-state index contributed by atoms with van der Waals surface area (Å²) in [6, 6.07) is 0.765. The van der Waals surface area contributed by atoms with Crippen molar-refractivity contribution >= 4 is 17.8 Å². The van der Waals surface area contributed by atoms with Crippen molar-refractivity contribution in [3.05, 3.63) is 17.4 Å². The van der Waals surface area contributed by atoms with Gasteiger partial charge in [0.2, 0.25) is 5.88 Å². The van der Waals surface area contributed by atoms with Gasteiger partial charge in [-0.3, -0.25) is 4.79 Å². The predicted molar refractivity (Wildman–Crippen MR) is 103 cm³/mol. The standard InChI is InChI=1S/C19H28F2N4O4/c1-18(2,3)19(29-17(23)27)6-4-11(5-7-19)24-15-13(21)10-12(14(22)26)16(25-15)28-9-8-20/h10-11H,4-9H2,1-3H3,(H2,22,26)(H2,23,27)(H,24,25). The maximum Gasteiger partial charge on any atom is 0.405 e. The van der Waals surface area contributed by atoms with E-state index >= 15 is 0 Å². The normalized spacial score (nSPS) is 22.0. The summed E-state index contributed by atoms with van der Waals surface area (Å²) in [6.07, 6.45) is 1.39. The smallest absolute Gasteiger partial charge is 0.405 e. The van der Waals surface area contributed by atoms with Gasteiger partial charge in [0.25, 0.3) is 5.91 Å². The molecule has 2 rings (SSSR count). The van der Waals surface area contributed by atoms with Crippen LogP contribution in [0.1, 0.15) is 56.8 Å². The highest BCUT2D eigenvalue weighted by molar-refractivity contribution is 5.95. The predicted octanol–water partition coefficient (Wildman–Crippen LogP) is 2.90. The number of carbonyl (C=O) groups is 2. The number of hydrogen-bond donors (Lipinski definition) is 3. The van der Waals surface area contributed by atoms with E-state index in [0.29, 0.717) is 25.7 Å². The van der Waals surface area contributed by atoms with Gasteiger partial charge in [-0.05, 0) is 31.7 Å². The van der Waals surface area contributed by atoms with Crippen molar-refractivity contribution in [2.75, 3.05) is 18.6 Å². The quantitative estimate of drug-likeness (QED) is 0.629. The monoisotopic (exact) mass is 414 g/mol. The maximum absolute atomic E-state index is 14.4. The summed E-state index contributed by atoms with van der Waals surface area (Å²) < 4.78 is 37.4. The van der Waals surface area contributed by atoms with Gasteiger partial charge >= 0.3 is 6.09 Å². The summed E-state index contributed by atoms with van der Waals surface area (Å²) in [6.45, 7) is 4.80. The van der Waals surface area contributed by atoms with E-state index in [0.717, 1.165) is 6.07 Å². The van der Waals surface area contributed by atoms with Crippen LogP contribution in [0.5, 0.6) is 5.88 Å². The minimum absolute atomic E-state index is 0.118. The van der Waals surface area contributed by atoms with E-state index < -0.39 is 30.1 Å². The molecule has 0 aromatic carbocycles. The highest BCUT2D eigenvalue weighted by Crippen LogP contribution is 2.45. The topological polar surface area (TPSA) is 130 Å². The third kappa shape index (κ3) is 5.24. The minimum Gasteiger partial charge on any atom is -0.474 e. The second kappa shape index (κ2) is 8.79.